The minimum Gasteiger partial charge on any atom is -0.497 e. The topological polar surface area (TPSA) is 93.1 Å². The Morgan fingerprint density at radius 2 is 1.92 bits per heavy atom. The second-order valence-electron chi connectivity index (χ2n) is 6.01. The number of sulfonamides is 1. The van der Waals surface area contributed by atoms with Gasteiger partial charge in [0.15, 0.2) is 0 Å². The molecule has 1 aliphatic heterocycles. The molecule has 0 amide bonds. The van der Waals surface area contributed by atoms with E-state index in [4.69, 9.17) is 14.6 Å². The maximum Gasteiger partial charge on any atom is 0.335 e. The Hall–Kier alpha value is -2.58. The first kappa shape index (κ1) is 18.2. The third-order valence-electron chi connectivity index (χ3n) is 4.28. The van der Waals surface area contributed by atoms with Gasteiger partial charge in [-0.15, -0.1) is 0 Å². The van der Waals surface area contributed by atoms with Crippen molar-refractivity contribution in [3.8, 4) is 11.5 Å². The predicted molar refractivity (Wildman–Crippen MR) is 94.1 cm³/mol. The molecule has 8 heteroatoms. The van der Waals surface area contributed by atoms with Crippen molar-refractivity contribution < 1.29 is 27.8 Å². The number of carbonyl (C=O) groups is 1. The van der Waals surface area contributed by atoms with Crippen LogP contribution < -0.4 is 9.47 Å². The van der Waals surface area contributed by atoms with E-state index < -0.39 is 22.0 Å². The lowest BCUT2D eigenvalue weighted by Gasteiger charge is -2.25. The van der Waals surface area contributed by atoms with Crippen LogP contribution in [0.1, 0.15) is 22.8 Å². The quantitative estimate of drug-likeness (QED) is 0.879. The molecule has 1 atom stereocenters. The molecule has 7 nitrogen and oxygen atoms in total. The molecule has 1 aliphatic rings. The van der Waals surface area contributed by atoms with Crippen molar-refractivity contribution in [3.05, 3.63) is 53.6 Å². The van der Waals surface area contributed by atoms with E-state index in [1.165, 1.54) is 35.7 Å². The fourth-order valence-corrected chi connectivity index (χ4v) is 4.37. The van der Waals surface area contributed by atoms with Gasteiger partial charge in [-0.3, -0.25) is 0 Å². The lowest BCUT2D eigenvalue weighted by atomic mass is 10.1. The van der Waals surface area contributed by atoms with Crippen LogP contribution in [0.25, 0.3) is 0 Å². The Morgan fingerprint density at radius 1 is 1.23 bits per heavy atom. The first-order valence-electron chi connectivity index (χ1n) is 7.98. The average Bonchev–Trinajstić information content (AvgIpc) is 2.80. The van der Waals surface area contributed by atoms with Gasteiger partial charge < -0.3 is 14.6 Å². The van der Waals surface area contributed by atoms with Gasteiger partial charge in [-0.1, -0.05) is 6.07 Å². The number of methoxy groups -OCH3 is 1. The van der Waals surface area contributed by atoms with Crippen LogP contribution in [0.15, 0.2) is 47.4 Å². The summed E-state index contributed by atoms with van der Waals surface area (Å²) >= 11 is 0. The van der Waals surface area contributed by atoms with Gasteiger partial charge in [0.1, 0.15) is 18.1 Å². The summed E-state index contributed by atoms with van der Waals surface area (Å²) in [6.45, 7) is 1.99. The molecule has 1 heterocycles. The Labute approximate surface area is 151 Å². The second kappa shape index (κ2) is 6.97. The zero-order chi connectivity index (χ0) is 18.9. The van der Waals surface area contributed by atoms with Gasteiger partial charge in [0.25, 0.3) is 0 Å². The SMILES string of the molecule is COc1ccc(S(=O)(=O)N2Cc3ccc(C(=O)O)cc3OCC2C)cc1. The van der Waals surface area contributed by atoms with E-state index in [-0.39, 0.29) is 23.6 Å². The Morgan fingerprint density at radius 3 is 2.54 bits per heavy atom. The van der Waals surface area contributed by atoms with Crippen molar-refractivity contribution in [1.29, 1.82) is 0 Å². The molecule has 0 saturated carbocycles. The Bertz CT molecular complexity index is 923. The van der Waals surface area contributed by atoms with Crippen molar-refractivity contribution in [2.75, 3.05) is 13.7 Å². The van der Waals surface area contributed by atoms with Crippen LogP contribution in [0, 0.1) is 0 Å². The summed E-state index contributed by atoms with van der Waals surface area (Å²) in [7, 11) is -2.23. The number of rotatable bonds is 4. The predicted octanol–water partition coefficient (Wildman–Crippen LogP) is 2.37. The number of fused-ring (bicyclic) bond motifs is 1. The molecule has 3 rings (SSSR count). The van der Waals surface area contributed by atoms with Crippen LogP contribution in [0.2, 0.25) is 0 Å². The molecular formula is C18H19NO6S. The van der Waals surface area contributed by atoms with Crippen LogP contribution in [-0.4, -0.2) is 43.6 Å². The number of carboxylic acid groups (broad SMARTS) is 1. The van der Waals surface area contributed by atoms with Crippen LogP contribution in [0.5, 0.6) is 11.5 Å². The summed E-state index contributed by atoms with van der Waals surface area (Å²) < 4.78 is 38.2. The smallest absolute Gasteiger partial charge is 0.335 e. The van der Waals surface area contributed by atoms with E-state index in [2.05, 4.69) is 0 Å². The highest BCUT2D eigenvalue weighted by atomic mass is 32.2. The van der Waals surface area contributed by atoms with Gasteiger partial charge in [0, 0.05) is 12.1 Å². The zero-order valence-corrected chi connectivity index (χ0v) is 15.2. The molecule has 1 N–H and O–H groups in total. The summed E-state index contributed by atoms with van der Waals surface area (Å²) in [6, 6.07) is 10.2. The zero-order valence-electron chi connectivity index (χ0n) is 14.4. The highest BCUT2D eigenvalue weighted by molar-refractivity contribution is 7.89. The van der Waals surface area contributed by atoms with E-state index in [9.17, 15) is 13.2 Å². The highest BCUT2D eigenvalue weighted by Gasteiger charge is 2.32. The van der Waals surface area contributed by atoms with E-state index >= 15 is 0 Å². The van der Waals surface area contributed by atoms with E-state index in [0.29, 0.717) is 17.1 Å². The minimum absolute atomic E-state index is 0.0999. The minimum atomic E-state index is -3.75. The molecule has 1 unspecified atom stereocenters. The van der Waals surface area contributed by atoms with Gasteiger partial charge >= 0.3 is 5.97 Å². The van der Waals surface area contributed by atoms with Gasteiger partial charge in [0.05, 0.1) is 23.6 Å². The fraction of sp³-hybridized carbons (Fsp3) is 0.278. The largest absolute Gasteiger partial charge is 0.497 e. The number of carboxylic acids is 1. The molecule has 0 saturated heterocycles. The van der Waals surface area contributed by atoms with Crippen molar-refractivity contribution in [2.45, 2.75) is 24.4 Å². The molecule has 0 spiro atoms. The summed E-state index contributed by atoms with van der Waals surface area (Å²) in [5.41, 5.74) is 0.722. The lowest BCUT2D eigenvalue weighted by Crippen LogP contribution is -2.39. The van der Waals surface area contributed by atoms with Gasteiger partial charge in [-0.05, 0) is 43.3 Å². The summed E-state index contributed by atoms with van der Waals surface area (Å²) in [4.78, 5) is 11.3. The van der Waals surface area contributed by atoms with E-state index in [1.54, 1.807) is 25.1 Å². The molecule has 0 aromatic heterocycles. The lowest BCUT2D eigenvalue weighted by molar-refractivity contribution is 0.0696. The van der Waals surface area contributed by atoms with Crippen LogP contribution in [0.3, 0.4) is 0 Å². The molecule has 0 aliphatic carbocycles. The monoisotopic (exact) mass is 377 g/mol. The molecule has 138 valence electrons. The molecule has 2 aromatic rings. The highest BCUT2D eigenvalue weighted by Crippen LogP contribution is 2.30. The number of benzene rings is 2. The molecule has 26 heavy (non-hydrogen) atoms. The fourth-order valence-electron chi connectivity index (χ4n) is 2.77. The van der Waals surface area contributed by atoms with Gasteiger partial charge in [-0.2, -0.15) is 4.31 Å². The van der Waals surface area contributed by atoms with Crippen molar-refractivity contribution in [1.82, 2.24) is 4.31 Å². The van der Waals surface area contributed by atoms with Crippen molar-refractivity contribution in [3.63, 3.8) is 0 Å². The molecule has 0 fully saturated rings. The van der Waals surface area contributed by atoms with E-state index in [1.807, 2.05) is 0 Å². The summed E-state index contributed by atoms with van der Waals surface area (Å²) in [5.74, 6) is -0.0941. The van der Waals surface area contributed by atoms with Crippen molar-refractivity contribution >= 4 is 16.0 Å². The van der Waals surface area contributed by atoms with Crippen LogP contribution in [0.4, 0.5) is 0 Å². The third-order valence-corrected chi connectivity index (χ3v) is 6.25. The normalized spacial score (nSPS) is 17.7. The number of ether oxygens (including phenoxy) is 2. The van der Waals surface area contributed by atoms with Gasteiger partial charge in [-0.25, -0.2) is 13.2 Å². The third kappa shape index (κ3) is 3.38. The number of nitrogens with zero attached hydrogens (tertiary/aromatic N) is 1. The summed E-state index contributed by atoms with van der Waals surface area (Å²) in [5, 5.41) is 9.11. The number of hydrogen-bond donors (Lipinski definition) is 1. The summed E-state index contributed by atoms with van der Waals surface area (Å²) in [6.07, 6.45) is 0. The first-order chi connectivity index (χ1) is 12.3. The van der Waals surface area contributed by atoms with Gasteiger partial charge in [0.2, 0.25) is 10.0 Å². The second-order valence-corrected chi connectivity index (χ2v) is 7.90. The van der Waals surface area contributed by atoms with Crippen LogP contribution in [-0.2, 0) is 16.6 Å². The Balaban J connectivity index is 1.96. The number of aromatic carboxylic acids is 1. The van der Waals surface area contributed by atoms with E-state index in [0.717, 1.165) is 0 Å². The van der Waals surface area contributed by atoms with Crippen LogP contribution >= 0.6 is 0 Å². The molecular weight excluding hydrogens is 358 g/mol. The molecule has 0 bridgehead atoms. The maximum atomic E-state index is 13.1. The molecule has 0 radical (unpaired) electrons. The standard InChI is InChI=1S/C18H19NO6S/c1-12-11-25-17-9-13(18(20)21)3-4-14(17)10-19(12)26(22,23)16-7-5-15(24-2)6-8-16/h3-9,12H,10-11H2,1-2H3,(H,20,21). The van der Waals surface area contributed by atoms with Crippen molar-refractivity contribution in [2.24, 2.45) is 0 Å². The maximum absolute atomic E-state index is 13.1. The Kier molecular flexibility index (Phi) is 4.88. The number of hydrogen-bond acceptors (Lipinski definition) is 5. The average molecular weight is 377 g/mol. The first-order valence-corrected chi connectivity index (χ1v) is 9.42. The molecule has 2 aromatic carbocycles.